The first-order valence-electron chi connectivity index (χ1n) is 19.6. The molecule has 0 saturated carbocycles. The third-order valence-electron chi connectivity index (χ3n) is 10.6. The Bertz CT molecular complexity index is 1600. The zero-order chi connectivity index (χ0) is 33.7. The van der Waals surface area contributed by atoms with Crippen LogP contribution in [0.25, 0.3) is 32.2 Å². The van der Waals surface area contributed by atoms with Gasteiger partial charge in [0.1, 0.15) is 0 Å². The summed E-state index contributed by atoms with van der Waals surface area (Å²) in [6.45, 7) is 7.32. The Morgan fingerprint density at radius 2 is 1.17 bits per heavy atom. The van der Waals surface area contributed by atoms with E-state index in [2.05, 4.69) is 67.8 Å². The summed E-state index contributed by atoms with van der Waals surface area (Å²) < 4.78 is 2.65. The van der Waals surface area contributed by atoms with E-state index in [4.69, 9.17) is 0 Å². The third kappa shape index (κ3) is 8.62. The van der Waals surface area contributed by atoms with Crippen molar-refractivity contribution >= 4 is 45.0 Å². The lowest BCUT2D eigenvalue weighted by Crippen LogP contribution is -2.30. The number of amides is 2. The second-order valence-electron chi connectivity index (χ2n) is 14.3. The van der Waals surface area contributed by atoms with E-state index in [0.29, 0.717) is 23.7 Å². The van der Waals surface area contributed by atoms with Crippen molar-refractivity contribution in [3.63, 3.8) is 0 Å². The topological polar surface area (TPSA) is 42.3 Å². The Morgan fingerprint density at radius 1 is 0.604 bits per heavy atom. The fourth-order valence-corrected chi connectivity index (χ4v) is 8.86. The van der Waals surface area contributed by atoms with Crippen LogP contribution in [0.3, 0.4) is 0 Å². The first-order chi connectivity index (χ1) is 23.6. The van der Waals surface area contributed by atoms with Gasteiger partial charge in [0, 0.05) is 39.1 Å². The van der Waals surface area contributed by atoms with Gasteiger partial charge in [0.15, 0.2) is 0 Å². The van der Waals surface area contributed by atoms with Crippen LogP contribution in [-0.2, 0) is 0 Å². The maximum Gasteiger partial charge on any atom is 0.263 e. The molecule has 2 aromatic carbocycles. The highest BCUT2D eigenvalue weighted by Crippen LogP contribution is 2.42. The van der Waals surface area contributed by atoms with E-state index in [0.717, 1.165) is 23.3 Å². The molecule has 0 saturated heterocycles. The average Bonchev–Trinajstić information content (AvgIpc) is 3.75. The number of para-hydroxylation sites is 1. The highest BCUT2D eigenvalue weighted by molar-refractivity contribution is 7.14. The van der Waals surface area contributed by atoms with E-state index in [1.807, 2.05) is 5.38 Å². The number of carbonyl (C=O) groups is 2. The predicted molar refractivity (Wildman–Crippen MR) is 207 cm³/mol. The van der Waals surface area contributed by atoms with Crippen LogP contribution in [-0.4, -0.2) is 27.8 Å². The first kappa shape index (κ1) is 36.4. The van der Waals surface area contributed by atoms with Crippen LogP contribution in [0.4, 0.5) is 0 Å². The molecule has 0 unspecified atom stereocenters. The summed E-state index contributed by atoms with van der Waals surface area (Å²) in [6, 6.07) is 16.1. The molecule has 1 aliphatic rings. The van der Waals surface area contributed by atoms with Crippen molar-refractivity contribution in [3.05, 3.63) is 59.0 Å². The van der Waals surface area contributed by atoms with Crippen molar-refractivity contribution < 1.29 is 9.59 Å². The number of fused-ring (bicyclic) bond motifs is 4. The fourth-order valence-electron chi connectivity index (χ4n) is 7.82. The molecule has 0 fully saturated rings. The quantitative estimate of drug-likeness (QED) is 0.0583. The Balaban J connectivity index is 1.42. The Morgan fingerprint density at radius 3 is 1.81 bits per heavy atom. The number of benzene rings is 2. The summed E-state index contributed by atoms with van der Waals surface area (Å²) in [7, 11) is 0. The van der Waals surface area contributed by atoms with E-state index in [-0.39, 0.29) is 11.8 Å². The van der Waals surface area contributed by atoms with E-state index in [1.165, 1.54) is 142 Å². The molecule has 260 valence electrons. The average molecular weight is 669 g/mol. The van der Waals surface area contributed by atoms with Gasteiger partial charge in [-0.3, -0.25) is 14.5 Å². The normalized spacial score (nSPS) is 13.2. The number of hydrogen-bond donors (Lipinski definition) is 0. The molecular weight excluding hydrogens is 609 g/mol. The summed E-state index contributed by atoms with van der Waals surface area (Å²) in [5, 5.41) is 4.51. The molecule has 5 rings (SSSR count). The van der Waals surface area contributed by atoms with Gasteiger partial charge >= 0.3 is 0 Å². The first-order valence-corrected chi connectivity index (χ1v) is 20.5. The van der Waals surface area contributed by atoms with Crippen molar-refractivity contribution in [2.75, 3.05) is 6.54 Å². The van der Waals surface area contributed by atoms with Crippen molar-refractivity contribution in [3.8, 4) is 10.4 Å². The molecule has 0 radical (unpaired) electrons. The van der Waals surface area contributed by atoms with E-state index in [1.54, 1.807) is 11.3 Å². The number of aromatic nitrogens is 1. The zero-order valence-corrected chi connectivity index (χ0v) is 31.0. The highest BCUT2D eigenvalue weighted by Gasteiger charge is 2.39. The van der Waals surface area contributed by atoms with Gasteiger partial charge in [-0.25, -0.2) is 0 Å². The molecule has 0 bridgehead atoms. The van der Waals surface area contributed by atoms with Crippen LogP contribution >= 0.6 is 11.3 Å². The van der Waals surface area contributed by atoms with Crippen LogP contribution in [0.15, 0.2) is 47.8 Å². The van der Waals surface area contributed by atoms with Gasteiger partial charge in [0.2, 0.25) is 0 Å². The monoisotopic (exact) mass is 668 g/mol. The van der Waals surface area contributed by atoms with E-state index in [9.17, 15) is 9.59 Å². The van der Waals surface area contributed by atoms with Gasteiger partial charge in [0.25, 0.3) is 11.8 Å². The molecule has 2 amide bonds. The molecule has 3 heterocycles. The van der Waals surface area contributed by atoms with E-state index >= 15 is 0 Å². The Labute approximate surface area is 294 Å². The van der Waals surface area contributed by atoms with Crippen LogP contribution in [0, 0.1) is 0 Å². The summed E-state index contributed by atoms with van der Waals surface area (Å²) in [5.74, 6) is -0.219. The lowest BCUT2D eigenvalue weighted by molar-refractivity contribution is 0.0651. The number of imide groups is 1. The predicted octanol–water partition coefficient (Wildman–Crippen LogP) is 13.5. The van der Waals surface area contributed by atoms with Gasteiger partial charge in [-0.15, -0.1) is 11.3 Å². The molecule has 4 nitrogen and oxygen atoms in total. The smallest absolute Gasteiger partial charge is 0.263 e. The molecule has 0 spiro atoms. The maximum atomic E-state index is 13.7. The fraction of sp³-hybridized carbons (Fsp3) is 0.581. The minimum Gasteiger partial charge on any atom is -0.337 e. The van der Waals surface area contributed by atoms with Gasteiger partial charge < -0.3 is 4.57 Å². The second-order valence-corrected chi connectivity index (χ2v) is 15.1. The molecule has 48 heavy (non-hydrogen) atoms. The minimum atomic E-state index is -0.112. The second kappa shape index (κ2) is 18.7. The summed E-state index contributed by atoms with van der Waals surface area (Å²) in [5.41, 5.74) is 4.85. The SMILES string of the molecule is CCCCCCCCC(CCCCCCCC)n1c2ccccc2c2ccc(-c3scc4c3C(=O)N(CCCCCCCC)C4=O)cc21. The van der Waals surface area contributed by atoms with Gasteiger partial charge in [-0.2, -0.15) is 0 Å². The van der Waals surface area contributed by atoms with Gasteiger partial charge in [-0.1, -0.05) is 160 Å². The summed E-state index contributed by atoms with van der Waals surface area (Å²) in [4.78, 5) is 29.6. The zero-order valence-electron chi connectivity index (χ0n) is 30.2. The molecule has 1 aliphatic heterocycles. The molecule has 2 aromatic heterocycles. The number of thiophene rings is 1. The van der Waals surface area contributed by atoms with Crippen LogP contribution in [0.2, 0.25) is 0 Å². The third-order valence-corrected chi connectivity index (χ3v) is 11.6. The number of nitrogens with zero attached hydrogens (tertiary/aromatic N) is 2. The van der Waals surface area contributed by atoms with Crippen LogP contribution in [0.1, 0.15) is 176 Å². The molecule has 0 aliphatic carbocycles. The molecule has 4 aromatic rings. The number of rotatable bonds is 23. The summed E-state index contributed by atoms with van der Waals surface area (Å²) >= 11 is 1.55. The Kier molecular flexibility index (Phi) is 14.2. The lowest BCUT2D eigenvalue weighted by Gasteiger charge is -2.22. The van der Waals surface area contributed by atoms with E-state index < -0.39 is 0 Å². The molecule has 5 heteroatoms. The van der Waals surface area contributed by atoms with Crippen LogP contribution < -0.4 is 0 Å². The molecular formula is C43H60N2O2S. The minimum absolute atomic E-state index is 0.107. The Hall–Kier alpha value is -2.92. The van der Waals surface area contributed by atoms with Gasteiger partial charge in [-0.05, 0) is 37.0 Å². The maximum absolute atomic E-state index is 13.7. The van der Waals surface area contributed by atoms with Crippen molar-refractivity contribution in [1.82, 2.24) is 9.47 Å². The number of hydrogen-bond acceptors (Lipinski definition) is 3. The number of carbonyl (C=O) groups excluding carboxylic acids is 2. The van der Waals surface area contributed by atoms with Crippen molar-refractivity contribution in [2.24, 2.45) is 0 Å². The molecule has 0 N–H and O–H groups in total. The highest BCUT2D eigenvalue weighted by atomic mass is 32.1. The lowest BCUT2D eigenvalue weighted by atomic mass is 9.99. The van der Waals surface area contributed by atoms with Crippen molar-refractivity contribution in [1.29, 1.82) is 0 Å². The van der Waals surface area contributed by atoms with Gasteiger partial charge in [0.05, 0.1) is 16.6 Å². The summed E-state index contributed by atoms with van der Waals surface area (Å²) in [6.07, 6.45) is 25.0. The number of unbranched alkanes of at least 4 members (excludes halogenated alkanes) is 15. The standard InChI is InChI=1S/C43H60N2O2S/c1-4-7-10-13-16-19-24-34(25-20-17-14-11-8-5-2)45-38-27-22-21-26-35(38)36-29-28-33(31-39(36)45)41-40-37(32-48-41)42(46)44(43(40)47)30-23-18-15-12-9-6-3/h21-22,26-29,31-32,34H,4-20,23-25,30H2,1-3H3. The largest absolute Gasteiger partial charge is 0.337 e. The van der Waals surface area contributed by atoms with Crippen LogP contribution in [0.5, 0.6) is 0 Å². The van der Waals surface area contributed by atoms with Crippen molar-refractivity contribution in [2.45, 2.75) is 155 Å². The molecule has 0 atom stereocenters.